The smallest absolute Gasteiger partial charge is 0.387 e. The molecule has 1 atom stereocenters. The van der Waals surface area contributed by atoms with Gasteiger partial charge in [0, 0.05) is 5.88 Å². The van der Waals surface area contributed by atoms with Gasteiger partial charge in [-0.2, -0.15) is 8.78 Å². The van der Waals surface area contributed by atoms with Crippen LogP contribution in [0.25, 0.3) is 0 Å². The van der Waals surface area contributed by atoms with Crippen LogP contribution in [-0.2, 0) is 11.2 Å². The van der Waals surface area contributed by atoms with Crippen molar-refractivity contribution in [2.24, 2.45) is 0 Å². The Morgan fingerprint density at radius 3 is 2.63 bits per heavy atom. The van der Waals surface area contributed by atoms with E-state index in [0.29, 0.717) is 24.3 Å². The van der Waals surface area contributed by atoms with Gasteiger partial charge in [0.1, 0.15) is 5.75 Å². The van der Waals surface area contributed by atoms with Crippen LogP contribution in [0.3, 0.4) is 0 Å². The summed E-state index contributed by atoms with van der Waals surface area (Å²) in [5.41, 5.74) is 0.577. The van der Waals surface area contributed by atoms with Crippen molar-refractivity contribution in [1.29, 1.82) is 0 Å². The molecule has 0 aliphatic heterocycles. The van der Waals surface area contributed by atoms with Gasteiger partial charge in [-0.3, -0.25) is 0 Å². The molecular weight excluding hydrogens is 282 g/mol. The molecule has 0 aromatic heterocycles. The summed E-state index contributed by atoms with van der Waals surface area (Å²) in [5, 5.41) is 18.3. The van der Waals surface area contributed by atoms with Crippen LogP contribution in [0.4, 0.5) is 8.78 Å². The number of aliphatic carboxylic acids is 1. The molecule has 2 N–H and O–H groups in total. The number of hydrogen-bond acceptors (Lipinski definition) is 3. The van der Waals surface area contributed by atoms with Gasteiger partial charge in [-0.1, -0.05) is 6.07 Å². The third-order valence-corrected chi connectivity index (χ3v) is 2.72. The first-order chi connectivity index (χ1) is 8.95. The van der Waals surface area contributed by atoms with E-state index >= 15 is 0 Å². The largest absolute Gasteiger partial charge is 0.479 e. The van der Waals surface area contributed by atoms with Gasteiger partial charge in [0.2, 0.25) is 0 Å². The van der Waals surface area contributed by atoms with Gasteiger partial charge in [-0.05, 0) is 36.1 Å². The van der Waals surface area contributed by atoms with Crippen molar-refractivity contribution in [3.63, 3.8) is 0 Å². The molecule has 106 valence electrons. The van der Waals surface area contributed by atoms with Crippen molar-refractivity contribution in [1.82, 2.24) is 0 Å². The predicted octanol–water partition coefficient (Wildman–Crippen LogP) is 2.58. The highest BCUT2D eigenvalue weighted by Gasteiger charge is 2.20. The second-order valence-electron chi connectivity index (χ2n) is 3.77. The van der Waals surface area contributed by atoms with Crippen molar-refractivity contribution < 1.29 is 28.5 Å². The summed E-state index contributed by atoms with van der Waals surface area (Å²) in [4.78, 5) is 10.8. The summed E-state index contributed by atoms with van der Waals surface area (Å²) in [6.07, 6.45) is -0.811. The highest BCUT2D eigenvalue weighted by Crippen LogP contribution is 2.26. The topological polar surface area (TPSA) is 66.8 Å². The monoisotopic (exact) mass is 294 g/mol. The Hall–Kier alpha value is -1.40. The molecule has 7 heteroatoms. The zero-order valence-electron chi connectivity index (χ0n) is 9.85. The van der Waals surface area contributed by atoms with Crippen LogP contribution in [0.1, 0.15) is 23.7 Å². The number of carboxylic acids is 1. The Balaban J connectivity index is 3.04. The van der Waals surface area contributed by atoms with Crippen LogP contribution in [0.15, 0.2) is 18.2 Å². The summed E-state index contributed by atoms with van der Waals surface area (Å²) in [7, 11) is 0. The number of aliphatic hydroxyl groups is 1. The number of ether oxygens (including phenoxy) is 1. The zero-order chi connectivity index (χ0) is 14.4. The van der Waals surface area contributed by atoms with Crippen molar-refractivity contribution in [2.75, 3.05) is 5.88 Å². The fourth-order valence-electron chi connectivity index (χ4n) is 1.63. The zero-order valence-corrected chi connectivity index (χ0v) is 10.6. The molecule has 0 saturated heterocycles. The Labute approximate surface area is 113 Å². The number of carbonyl (C=O) groups is 1. The number of halogens is 3. The van der Waals surface area contributed by atoms with Crippen molar-refractivity contribution in [3.8, 4) is 5.75 Å². The van der Waals surface area contributed by atoms with Gasteiger partial charge in [0.15, 0.2) is 6.10 Å². The maximum atomic E-state index is 12.1. The minimum atomic E-state index is -2.96. The number of aliphatic hydroxyl groups excluding tert-OH is 1. The molecule has 0 radical (unpaired) electrons. The Morgan fingerprint density at radius 1 is 1.42 bits per heavy atom. The average Bonchev–Trinajstić information content (AvgIpc) is 2.34. The molecule has 0 amide bonds. The second kappa shape index (κ2) is 7.25. The average molecular weight is 295 g/mol. The van der Waals surface area contributed by atoms with Crippen molar-refractivity contribution in [2.45, 2.75) is 25.6 Å². The van der Waals surface area contributed by atoms with Gasteiger partial charge in [0.25, 0.3) is 0 Å². The number of hydrogen-bond donors (Lipinski definition) is 2. The molecule has 1 aromatic carbocycles. The van der Waals surface area contributed by atoms with Gasteiger partial charge < -0.3 is 14.9 Å². The molecule has 0 aliphatic rings. The molecule has 1 rings (SSSR count). The number of alkyl halides is 3. The standard InChI is InChI=1S/C12H13ClF2O4/c13-5-1-2-7-6-8(19-12(14)15)3-4-9(7)10(16)11(17)18/h3-4,6,10,12,16H,1-2,5H2,(H,17,18). The van der Waals surface area contributed by atoms with Crippen molar-refractivity contribution in [3.05, 3.63) is 29.3 Å². The van der Waals surface area contributed by atoms with Gasteiger partial charge in [-0.25, -0.2) is 4.79 Å². The van der Waals surface area contributed by atoms with E-state index in [1.165, 1.54) is 18.2 Å². The van der Waals surface area contributed by atoms with E-state index in [1.54, 1.807) is 0 Å². The normalized spacial score (nSPS) is 12.5. The van der Waals surface area contributed by atoms with Crippen molar-refractivity contribution >= 4 is 17.6 Å². The van der Waals surface area contributed by atoms with Crippen LogP contribution in [0.5, 0.6) is 5.75 Å². The van der Waals surface area contributed by atoms with E-state index in [-0.39, 0.29) is 11.3 Å². The Bertz CT molecular complexity index is 440. The fraction of sp³-hybridized carbons (Fsp3) is 0.417. The van der Waals surface area contributed by atoms with Gasteiger partial charge in [0.05, 0.1) is 0 Å². The lowest BCUT2D eigenvalue weighted by Gasteiger charge is -2.14. The first-order valence-corrected chi connectivity index (χ1v) is 6.03. The lowest BCUT2D eigenvalue weighted by Crippen LogP contribution is -2.13. The Kier molecular flexibility index (Phi) is 5.98. The molecule has 0 bridgehead atoms. The summed E-state index contributed by atoms with van der Waals surface area (Å²) in [5.74, 6) is -1.15. The molecule has 19 heavy (non-hydrogen) atoms. The molecule has 1 aromatic rings. The van der Waals surface area contributed by atoms with Crippen LogP contribution in [0.2, 0.25) is 0 Å². The molecular formula is C12H13ClF2O4. The van der Waals surface area contributed by atoms with E-state index in [2.05, 4.69) is 4.74 Å². The van der Waals surface area contributed by atoms with Crippen LogP contribution < -0.4 is 4.74 Å². The van der Waals surface area contributed by atoms with E-state index in [9.17, 15) is 18.7 Å². The summed E-state index contributed by atoms with van der Waals surface area (Å²) >= 11 is 5.54. The summed E-state index contributed by atoms with van der Waals surface area (Å²) < 4.78 is 28.4. The molecule has 0 saturated carbocycles. The number of rotatable bonds is 7. The van der Waals surface area contributed by atoms with Gasteiger partial charge >= 0.3 is 12.6 Å². The van der Waals surface area contributed by atoms with E-state index in [0.717, 1.165) is 0 Å². The number of aryl methyl sites for hydroxylation is 1. The maximum absolute atomic E-state index is 12.1. The third kappa shape index (κ3) is 4.65. The first kappa shape index (κ1) is 15.7. The second-order valence-corrected chi connectivity index (χ2v) is 4.15. The van der Waals surface area contributed by atoms with Crippen LogP contribution in [0, 0.1) is 0 Å². The van der Waals surface area contributed by atoms with E-state index in [4.69, 9.17) is 16.7 Å². The molecule has 4 nitrogen and oxygen atoms in total. The third-order valence-electron chi connectivity index (χ3n) is 2.45. The summed E-state index contributed by atoms with van der Waals surface area (Å²) in [6.45, 7) is -2.96. The minimum Gasteiger partial charge on any atom is -0.479 e. The lowest BCUT2D eigenvalue weighted by molar-refractivity contribution is -0.147. The quantitative estimate of drug-likeness (QED) is 0.759. The number of carboxylic acid groups (broad SMARTS) is 1. The molecule has 0 fully saturated rings. The Morgan fingerprint density at radius 2 is 2.11 bits per heavy atom. The van der Waals surface area contributed by atoms with E-state index in [1.807, 2.05) is 0 Å². The van der Waals surface area contributed by atoms with Crippen LogP contribution >= 0.6 is 11.6 Å². The molecule has 0 spiro atoms. The van der Waals surface area contributed by atoms with Gasteiger partial charge in [-0.15, -0.1) is 11.6 Å². The fourth-order valence-corrected chi connectivity index (χ4v) is 1.77. The highest BCUT2D eigenvalue weighted by molar-refractivity contribution is 6.17. The lowest BCUT2D eigenvalue weighted by atomic mass is 9.98. The molecule has 0 aliphatic carbocycles. The predicted molar refractivity (Wildman–Crippen MR) is 64.7 cm³/mol. The minimum absolute atomic E-state index is 0.0825. The number of benzene rings is 1. The first-order valence-electron chi connectivity index (χ1n) is 5.50. The summed E-state index contributed by atoms with van der Waals surface area (Å²) in [6, 6.07) is 3.75. The molecule has 0 heterocycles. The maximum Gasteiger partial charge on any atom is 0.387 e. The van der Waals surface area contributed by atoms with Crippen LogP contribution in [-0.4, -0.2) is 28.7 Å². The SMILES string of the molecule is O=C(O)C(O)c1ccc(OC(F)F)cc1CCCCl. The highest BCUT2D eigenvalue weighted by atomic mass is 35.5. The van der Waals surface area contributed by atoms with E-state index < -0.39 is 18.7 Å². The molecule has 1 unspecified atom stereocenters.